The van der Waals surface area contributed by atoms with E-state index in [1.165, 1.54) is 31.5 Å². The van der Waals surface area contributed by atoms with E-state index < -0.39 is 0 Å². The van der Waals surface area contributed by atoms with Crippen molar-refractivity contribution >= 4 is 11.5 Å². The fourth-order valence-electron chi connectivity index (χ4n) is 3.10. The number of anilines is 2. The van der Waals surface area contributed by atoms with Gasteiger partial charge in [-0.15, -0.1) is 0 Å². The molecule has 4 heteroatoms. The van der Waals surface area contributed by atoms with Crippen molar-refractivity contribution in [1.82, 2.24) is 14.9 Å². The number of aromatic nitrogens is 2. The number of hydrogen-bond donors (Lipinski definition) is 1. The van der Waals surface area contributed by atoms with Gasteiger partial charge in [0.2, 0.25) is 0 Å². The van der Waals surface area contributed by atoms with Gasteiger partial charge < -0.3 is 10.2 Å². The first-order valence-corrected chi connectivity index (χ1v) is 8.09. The molecule has 1 aliphatic rings. The van der Waals surface area contributed by atoms with Crippen LogP contribution in [0.3, 0.4) is 0 Å². The maximum absolute atomic E-state index is 4.23. The highest BCUT2D eigenvalue weighted by atomic mass is 15.1. The molecule has 1 aromatic carbocycles. The summed E-state index contributed by atoms with van der Waals surface area (Å²) in [6, 6.07) is 9.43. The van der Waals surface area contributed by atoms with E-state index in [1.807, 2.05) is 0 Å². The van der Waals surface area contributed by atoms with Crippen molar-refractivity contribution in [2.45, 2.75) is 38.6 Å². The van der Waals surface area contributed by atoms with Crippen LogP contribution in [-0.4, -0.2) is 34.0 Å². The van der Waals surface area contributed by atoms with Gasteiger partial charge in [-0.25, -0.2) is 4.98 Å². The van der Waals surface area contributed by atoms with E-state index in [2.05, 4.69) is 58.3 Å². The van der Waals surface area contributed by atoms with Crippen molar-refractivity contribution in [2.75, 3.05) is 18.4 Å². The lowest BCUT2D eigenvalue weighted by atomic mass is 9.89. The summed E-state index contributed by atoms with van der Waals surface area (Å²) in [6.45, 7) is 6.99. The smallest absolute Gasteiger partial charge is 0.148 e. The normalized spacial score (nSPS) is 16.9. The van der Waals surface area contributed by atoms with Crippen LogP contribution in [0.4, 0.5) is 11.5 Å². The van der Waals surface area contributed by atoms with Crippen LogP contribution in [0.2, 0.25) is 0 Å². The lowest BCUT2D eigenvalue weighted by Crippen LogP contribution is -2.37. The third kappa shape index (κ3) is 3.63. The molecule has 4 nitrogen and oxygen atoms in total. The molecule has 0 atom stereocenters. The van der Waals surface area contributed by atoms with Crippen molar-refractivity contribution < 1.29 is 0 Å². The van der Waals surface area contributed by atoms with Gasteiger partial charge in [0.1, 0.15) is 5.82 Å². The maximum atomic E-state index is 4.23. The second kappa shape index (κ2) is 6.88. The highest BCUT2D eigenvalue weighted by molar-refractivity contribution is 5.55. The monoisotopic (exact) mass is 296 g/mol. The molecule has 0 unspecified atom stereocenters. The fraction of sp³-hybridized carbons (Fsp3) is 0.444. The molecule has 1 aliphatic heterocycles. The van der Waals surface area contributed by atoms with Crippen LogP contribution in [0.5, 0.6) is 0 Å². The summed E-state index contributed by atoms with van der Waals surface area (Å²) in [6.07, 6.45) is 7.62. The summed E-state index contributed by atoms with van der Waals surface area (Å²) in [5.41, 5.74) is 2.51. The van der Waals surface area contributed by atoms with Crippen LogP contribution in [0.1, 0.15) is 38.2 Å². The van der Waals surface area contributed by atoms with E-state index in [4.69, 9.17) is 0 Å². The van der Waals surface area contributed by atoms with Crippen LogP contribution >= 0.6 is 0 Å². The van der Waals surface area contributed by atoms with Crippen molar-refractivity contribution in [3.8, 4) is 0 Å². The molecule has 2 heterocycles. The van der Waals surface area contributed by atoms with Gasteiger partial charge in [-0.1, -0.05) is 12.1 Å². The van der Waals surface area contributed by atoms with Crippen LogP contribution in [-0.2, 0) is 0 Å². The number of hydrogen-bond acceptors (Lipinski definition) is 4. The van der Waals surface area contributed by atoms with E-state index >= 15 is 0 Å². The molecule has 3 rings (SSSR count). The standard InChI is InChI=1S/C18H24N4/c1-14(2)22-11-7-16(8-12-22)15-3-5-17(6-4-15)21-18-13-19-9-10-20-18/h3-6,9-10,13-14,16H,7-8,11-12H2,1-2H3,(H,20,21). The maximum Gasteiger partial charge on any atom is 0.148 e. The molecule has 1 fully saturated rings. The van der Waals surface area contributed by atoms with Gasteiger partial charge in [0, 0.05) is 24.1 Å². The largest absolute Gasteiger partial charge is 0.339 e. The van der Waals surface area contributed by atoms with Gasteiger partial charge in [-0.3, -0.25) is 4.98 Å². The SMILES string of the molecule is CC(C)N1CCC(c2ccc(Nc3cnccn3)cc2)CC1. The molecule has 2 aromatic rings. The Kier molecular flexibility index (Phi) is 4.68. The third-order valence-electron chi connectivity index (χ3n) is 4.48. The molecule has 0 bridgehead atoms. The number of benzene rings is 1. The first kappa shape index (κ1) is 15.0. The number of rotatable bonds is 4. The van der Waals surface area contributed by atoms with E-state index in [0.29, 0.717) is 12.0 Å². The van der Waals surface area contributed by atoms with Crippen LogP contribution in [0.15, 0.2) is 42.9 Å². The minimum absolute atomic E-state index is 0.666. The zero-order valence-electron chi connectivity index (χ0n) is 13.4. The Bertz CT molecular complexity index is 572. The first-order chi connectivity index (χ1) is 10.7. The molecule has 0 spiro atoms. The Labute approximate surface area is 132 Å². The summed E-state index contributed by atoms with van der Waals surface area (Å²) in [4.78, 5) is 10.9. The Balaban J connectivity index is 1.60. The summed E-state index contributed by atoms with van der Waals surface area (Å²) >= 11 is 0. The second-order valence-electron chi connectivity index (χ2n) is 6.24. The van der Waals surface area contributed by atoms with Gasteiger partial charge in [-0.05, 0) is 63.4 Å². The van der Waals surface area contributed by atoms with E-state index in [9.17, 15) is 0 Å². The molecule has 0 saturated carbocycles. The van der Waals surface area contributed by atoms with Crippen molar-refractivity contribution in [3.63, 3.8) is 0 Å². The minimum atomic E-state index is 0.666. The molecule has 0 radical (unpaired) electrons. The third-order valence-corrected chi connectivity index (χ3v) is 4.48. The summed E-state index contributed by atoms with van der Waals surface area (Å²) < 4.78 is 0. The highest BCUT2D eigenvalue weighted by Crippen LogP contribution is 2.29. The average Bonchev–Trinajstić information content (AvgIpc) is 2.57. The molecule has 0 amide bonds. The highest BCUT2D eigenvalue weighted by Gasteiger charge is 2.21. The quantitative estimate of drug-likeness (QED) is 0.931. The molecule has 22 heavy (non-hydrogen) atoms. The predicted octanol–water partition coefficient (Wildman–Crippen LogP) is 3.81. The minimum Gasteiger partial charge on any atom is -0.339 e. The zero-order valence-corrected chi connectivity index (χ0v) is 13.4. The van der Waals surface area contributed by atoms with Crippen LogP contribution in [0, 0.1) is 0 Å². The fourth-order valence-corrected chi connectivity index (χ4v) is 3.10. The Hall–Kier alpha value is -1.94. The molecule has 0 aliphatic carbocycles. The van der Waals surface area contributed by atoms with Crippen molar-refractivity contribution in [1.29, 1.82) is 0 Å². The van der Waals surface area contributed by atoms with Crippen LogP contribution < -0.4 is 5.32 Å². The lowest BCUT2D eigenvalue weighted by molar-refractivity contribution is 0.172. The molecule has 116 valence electrons. The van der Waals surface area contributed by atoms with Crippen LogP contribution in [0.25, 0.3) is 0 Å². The van der Waals surface area contributed by atoms with Gasteiger partial charge >= 0.3 is 0 Å². The average molecular weight is 296 g/mol. The number of nitrogens with zero attached hydrogens (tertiary/aromatic N) is 3. The first-order valence-electron chi connectivity index (χ1n) is 8.09. The van der Waals surface area contributed by atoms with Crippen molar-refractivity contribution in [2.24, 2.45) is 0 Å². The summed E-state index contributed by atoms with van der Waals surface area (Å²) in [5.74, 6) is 1.47. The number of likely N-dealkylation sites (tertiary alicyclic amines) is 1. The van der Waals surface area contributed by atoms with Crippen molar-refractivity contribution in [3.05, 3.63) is 48.4 Å². The second-order valence-corrected chi connectivity index (χ2v) is 6.24. The van der Waals surface area contributed by atoms with E-state index in [0.717, 1.165) is 11.5 Å². The lowest BCUT2D eigenvalue weighted by Gasteiger charge is -2.34. The molecule has 1 aromatic heterocycles. The van der Waals surface area contributed by atoms with Gasteiger partial charge in [-0.2, -0.15) is 0 Å². The van der Waals surface area contributed by atoms with Gasteiger partial charge in [0.25, 0.3) is 0 Å². The Morgan fingerprint density at radius 2 is 1.82 bits per heavy atom. The Morgan fingerprint density at radius 1 is 1.09 bits per heavy atom. The Morgan fingerprint density at radius 3 is 2.41 bits per heavy atom. The predicted molar refractivity (Wildman–Crippen MR) is 90.4 cm³/mol. The molecule has 1 saturated heterocycles. The number of piperidine rings is 1. The summed E-state index contributed by atoms with van der Waals surface area (Å²) in [5, 5.41) is 3.27. The molecular weight excluding hydrogens is 272 g/mol. The molecule has 1 N–H and O–H groups in total. The molecular formula is C18H24N4. The zero-order chi connectivity index (χ0) is 15.4. The van der Waals surface area contributed by atoms with Gasteiger partial charge in [0.05, 0.1) is 6.20 Å². The van der Waals surface area contributed by atoms with E-state index in [-0.39, 0.29) is 0 Å². The number of nitrogens with one attached hydrogen (secondary N) is 1. The van der Waals surface area contributed by atoms with E-state index in [1.54, 1.807) is 18.6 Å². The van der Waals surface area contributed by atoms with Gasteiger partial charge in [0.15, 0.2) is 0 Å². The topological polar surface area (TPSA) is 41.0 Å². The summed E-state index contributed by atoms with van der Waals surface area (Å²) in [7, 11) is 0.